The first-order chi connectivity index (χ1) is 9.54. The smallest absolute Gasteiger partial charge is 0.122 e. The van der Waals surface area contributed by atoms with Crippen LogP contribution in [0.3, 0.4) is 0 Å². The number of benzene rings is 1. The second-order valence-corrected chi connectivity index (χ2v) is 7.12. The fourth-order valence-electron chi connectivity index (χ4n) is 4.21. The van der Waals surface area contributed by atoms with Gasteiger partial charge in [-0.25, -0.2) is 0 Å². The highest BCUT2D eigenvalue weighted by molar-refractivity contribution is 5.39. The third-order valence-electron chi connectivity index (χ3n) is 4.89. The van der Waals surface area contributed by atoms with E-state index in [1.165, 1.54) is 17.5 Å². The van der Waals surface area contributed by atoms with Gasteiger partial charge in [0.25, 0.3) is 0 Å². The molecule has 0 aromatic heterocycles. The van der Waals surface area contributed by atoms with Crippen molar-refractivity contribution in [1.82, 2.24) is 0 Å². The van der Waals surface area contributed by atoms with Crippen molar-refractivity contribution >= 4 is 0 Å². The number of rotatable bonds is 3. The zero-order valence-corrected chi connectivity index (χ0v) is 12.7. The van der Waals surface area contributed by atoms with Crippen molar-refractivity contribution in [2.75, 3.05) is 6.61 Å². The predicted octanol–water partition coefficient (Wildman–Crippen LogP) is 3.74. The Morgan fingerprint density at radius 2 is 2.00 bits per heavy atom. The van der Waals surface area contributed by atoms with Crippen LogP contribution in [0.1, 0.15) is 50.7 Å². The Labute approximate surface area is 122 Å². The molecule has 0 amide bonds. The van der Waals surface area contributed by atoms with Crippen molar-refractivity contribution in [3.8, 4) is 5.75 Å². The quantitative estimate of drug-likeness (QED) is 0.910. The second-order valence-electron chi connectivity index (χ2n) is 7.12. The Balaban J connectivity index is 1.64. The molecule has 2 atom stereocenters. The molecule has 0 spiro atoms. The topological polar surface area (TPSA) is 29.5 Å². The molecule has 110 valence electrons. The molecule has 1 aliphatic heterocycles. The third kappa shape index (κ3) is 3.01. The van der Waals surface area contributed by atoms with Crippen molar-refractivity contribution in [2.24, 2.45) is 11.8 Å². The van der Waals surface area contributed by atoms with Crippen LogP contribution in [0.15, 0.2) is 18.2 Å². The van der Waals surface area contributed by atoms with E-state index in [1.54, 1.807) is 0 Å². The van der Waals surface area contributed by atoms with E-state index in [9.17, 15) is 5.11 Å². The molecular weight excluding hydrogens is 248 g/mol. The van der Waals surface area contributed by atoms with Gasteiger partial charge in [0.05, 0.1) is 12.2 Å². The number of hydrogen-bond donors (Lipinski definition) is 1. The van der Waals surface area contributed by atoms with E-state index in [0.717, 1.165) is 44.5 Å². The molecule has 1 aromatic carbocycles. The molecule has 1 heterocycles. The van der Waals surface area contributed by atoms with E-state index in [-0.39, 0.29) is 0 Å². The van der Waals surface area contributed by atoms with E-state index in [2.05, 4.69) is 32.0 Å². The maximum atomic E-state index is 10.8. The zero-order chi connectivity index (χ0) is 14.2. The molecule has 1 saturated carbocycles. The number of hydrogen-bond acceptors (Lipinski definition) is 2. The van der Waals surface area contributed by atoms with Crippen molar-refractivity contribution in [3.05, 3.63) is 29.3 Å². The molecule has 2 heteroatoms. The molecule has 3 rings (SSSR count). The van der Waals surface area contributed by atoms with Gasteiger partial charge in [0, 0.05) is 6.42 Å². The van der Waals surface area contributed by atoms with Crippen molar-refractivity contribution in [2.45, 2.75) is 58.0 Å². The molecule has 2 aliphatic rings. The minimum absolute atomic E-state index is 0.452. The van der Waals surface area contributed by atoms with E-state index in [0.29, 0.717) is 11.8 Å². The molecule has 0 bridgehead atoms. The monoisotopic (exact) mass is 274 g/mol. The lowest BCUT2D eigenvalue weighted by atomic mass is 9.71. The summed E-state index contributed by atoms with van der Waals surface area (Å²) in [6.07, 6.45) is 6.08. The van der Waals surface area contributed by atoms with Gasteiger partial charge < -0.3 is 9.84 Å². The van der Waals surface area contributed by atoms with Gasteiger partial charge in [-0.1, -0.05) is 26.0 Å². The van der Waals surface area contributed by atoms with Crippen LogP contribution in [0.4, 0.5) is 0 Å². The van der Waals surface area contributed by atoms with Gasteiger partial charge in [-0.3, -0.25) is 0 Å². The summed E-state index contributed by atoms with van der Waals surface area (Å²) in [6, 6.07) is 6.51. The van der Waals surface area contributed by atoms with Gasteiger partial charge in [0.15, 0.2) is 0 Å². The minimum atomic E-state index is -0.452. The van der Waals surface area contributed by atoms with Crippen molar-refractivity contribution in [3.63, 3.8) is 0 Å². The van der Waals surface area contributed by atoms with Crippen molar-refractivity contribution < 1.29 is 9.84 Å². The first-order valence-corrected chi connectivity index (χ1v) is 8.01. The lowest BCUT2D eigenvalue weighted by molar-refractivity contribution is -0.0372. The summed E-state index contributed by atoms with van der Waals surface area (Å²) in [4.78, 5) is 0. The molecule has 1 N–H and O–H groups in total. The van der Waals surface area contributed by atoms with Crippen LogP contribution in [-0.2, 0) is 12.8 Å². The minimum Gasteiger partial charge on any atom is -0.493 e. The molecule has 20 heavy (non-hydrogen) atoms. The molecule has 0 saturated heterocycles. The molecular formula is C18H26O2. The SMILES string of the molecule is CC1CC(C)CC(O)(CCc2ccc3c(c2)CCO3)C1. The summed E-state index contributed by atoms with van der Waals surface area (Å²) in [6.45, 7) is 5.36. The highest BCUT2D eigenvalue weighted by Gasteiger charge is 2.35. The largest absolute Gasteiger partial charge is 0.493 e. The fourth-order valence-corrected chi connectivity index (χ4v) is 4.21. The van der Waals surface area contributed by atoms with Gasteiger partial charge in [-0.05, 0) is 61.1 Å². The molecule has 1 aromatic rings. The molecule has 1 fully saturated rings. The average molecular weight is 274 g/mol. The highest BCUT2D eigenvalue weighted by atomic mass is 16.5. The van der Waals surface area contributed by atoms with Crippen LogP contribution in [0.5, 0.6) is 5.75 Å². The number of aliphatic hydroxyl groups is 1. The predicted molar refractivity (Wildman–Crippen MR) is 81.1 cm³/mol. The molecule has 2 unspecified atom stereocenters. The Bertz CT molecular complexity index is 470. The molecule has 2 nitrogen and oxygen atoms in total. The Morgan fingerprint density at radius 1 is 1.25 bits per heavy atom. The summed E-state index contributed by atoms with van der Waals surface area (Å²) in [7, 11) is 0. The van der Waals surface area contributed by atoms with Crippen LogP contribution < -0.4 is 4.74 Å². The maximum Gasteiger partial charge on any atom is 0.122 e. The normalized spacial score (nSPS) is 32.8. The summed E-state index contributed by atoms with van der Waals surface area (Å²) in [5.41, 5.74) is 2.22. The van der Waals surface area contributed by atoms with E-state index in [1.807, 2.05) is 0 Å². The van der Waals surface area contributed by atoms with Crippen LogP contribution in [0, 0.1) is 11.8 Å². The van der Waals surface area contributed by atoms with Gasteiger partial charge >= 0.3 is 0 Å². The van der Waals surface area contributed by atoms with Gasteiger partial charge in [-0.15, -0.1) is 0 Å². The van der Waals surface area contributed by atoms with Crippen LogP contribution in [0.25, 0.3) is 0 Å². The number of ether oxygens (including phenoxy) is 1. The summed E-state index contributed by atoms with van der Waals surface area (Å²) < 4.78 is 5.55. The number of aryl methyl sites for hydroxylation is 1. The van der Waals surface area contributed by atoms with E-state index in [4.69, 9.17) is 4.74 Å². The first kappa shape index (κ1) is 13.9. The summed E-state index contributed by atoms with van der Waals surface area (Å²) in [5, 5.41) is 10.8. The first-order valence-electron chi connectivity index (χ1n) is 8.01. The lowest BCUT2D eigenvalue weighted by Crippen LogP contribution is -2.38. The average Bonchev–Trinajstić information content (AvgIpc) is 2.82. The Morgan fingerprint density at radius 3 is 2.75 bits per heavy atom. The highest BCUT2D eigenvalue weighted by Crippen LogP contribution is 2.38. The number of fused-ring (bicyclic) bond motifs is 1. The van der Waals surface area contributed by atoms with Gasteiger partial charge in [0.1, 0.15) is 5.75 Å². The zero-order valence-electron chi connectivity index (χ0n) is 12.7. The Hall–Kier alpha value is -1.02. The van der Waals surface area contributed by atoms with Gasteiger partial charge in [0.2, 0.25) is 0 Å². The van der Waals surface area contributed by atoms with Gasteiger partial charge in [-0.2, -0.15) is 0 Å². The van der Waals surface area contributed by atoms with E-state index >= 15 is 0 Å². The van der Waals surface area contributed by atoms with Crippen molar-refractivity contribution in [1.29, 1.82) is 0 Å². The van der Waals surface area contributed by atoms with Crippen LogP contribution in [0.2, 0.25) is 0 Å². The standard InChI is InChI=1S/C18H26O2/c1-13-9-14(2)12-18(19,11-13)7-5-15-3-4-17-16(10-15)6-8-20-17/h3-4,10,13-14,19H,5-9,11-12H2,1-2H3. The molecule has 0 radical (unpaired) electrons. The van der Waals surface area contributed by atoms with E-state index < -0.39 is 5.60 Å². The lowest BCUT2D eigenvalue weighted by Gasteiger charge is -2.39. The third-order valence-corrected chi connectivity index (χ3v) is 4.89. The molecule has 1 aliphatic carbocycles. The second kappa shape index (κ2) is 5.40. The fraction of sp³-hybridized carbons (Fsp3) is 0.667. The summed E-state index contributed by atoms with van der Waals surface area (Å²) in [5.74, 6) is 2.35. The summed E-state index contributed by atoms with van der Waals surface area (Å²) >= 11 is 0. The van der Waals surface area contributed by atoms with Crippen LogP contribution >= 0.6 is 0 Å². The van der Waals surface area contributed by atoms with Crippen LogP contribution in [-0.4, -0.2) is 17.3 Å². The maximum absolute atomic E-state index is 10.8. The Kier molecular flexibility index (Phi) is 3.76.